The first-order valence-corrected chi connectivity index (χ1v) is 6.35. The third-order valence-electron chi connectivity index (χ3n) is 3.09. The maximum atomic E-state index is 12.2. The van der Waals surface area contributed by atoms with Gasteiger partial charge in [-0.05, 0) is 48.4 Å². The molecule has 20 heavy (non-hydrogen) atoms. The van der Waals surface area contributed by atoms with E-state index in [9.17, 15) is 4.79 Å². The van der Waals surface area contributed by atoms with E-state index in [0.717, 1.165) is 12.0 Å². The summed E-state index contributed by atoms with van der Waals surface area (Å²) in [5, 5.41) is 8.74. The van der Waals surface area contributed by atoms with Crippen molar-refractivity contribution in [1.82, 2.24) is 9.88 Å². The molecule has 0 unspecified atom stereocenters. The van der Waals surface area contributed by atoms with E-state index >= 15 is 0 Å². The summed E-state index contributed by atoms with van der Waals surface area (Å²) in [5.74, 6) is -0.0384. The van der Waals surface area contributed by atoms with E-state index in [1.165, 1.54) is 0 Å². The van der Waals surface area contributed by atoms with Crippen LogP contribution < -0.4 is 0 Å². The van der Waals surface area contributed by atoms with Crippen LogP contribution in [0.2, 0.25) is 0 Å². The van der Waals surface area contributed by atoms with Gasteiger partial charge in [0.05, 0.1) is 11.6 Å². The summed E-state index contributed by atoms with van der Waals surface area (Å²) in [4.78, 5) is 17.8. The SMILES string of the molecule is CN(CCc1ccncc1)C(=O)c1ccc(C#N)cc1. The van der Waals surface area contributed by atoms with Crippen molar-refractivity contribution in [2.75, 3.05) is 13.6 Å². The Hall–Kier alpha value is -2.67. The number of likely N-dealkylation sites (N-methyl/N-ethyl adjacent to an activating group) is 1. The van der Waals surface area contributed by atoms with E-state index in [4.69, 9.17) is 5.26 Å². The highest BCUT2D eigenvalue weighted by Crippen LogP contribution is 2.07. The number of rotatable bonds is 4. The minimum Gasteiger partial charge on any atom is -0.341 e. The van der Waals surface area contributed by atoms with E-state index in [2.05, 4.69) is 4.98 Å². The molecule has 0 aliphatic carbocycles. The molecule has 0 atom stereocenters. The van der Waals surface area contributed by atoms with Crippen LogP contribution in [0.4, 0.5) is 0 Å². The zero-order chi connectivity index (χ0) is 14.4. The molecular formula is C16H15N3O. The van der Waals surface area contributed by atoms with Crippen LogP contribution in [-0.4, -0.2) is 29.4 Å². The van der Waals surface area contributed by atoms with Crippen LogP contribution in [0, 0.1) is 11.3 Å². The average Bonchev–Trinajstić information content (AvgIpc) is 2.53. The van der Waals surface area contributed by atoms with Gasteiger partial charge in [0.2, 0.25) is 0 Å². The second-order valence-electron chi connectivity index (χ2n) is 4.52. The van der Waals surface area contributed by atoms with E-state index in [1.54, 1.807) is 48.6 Å². The fourth-order valence-corrected chi connectivity index (χ4v) is 1.86. The Labute approximate surface area is 118 Å². The molecule has 1 heterocycles. The molecule has 4 heteroatoms. The Morgan fingerprint density at radius 3 is 2.45 bits per heavy atom. The van der Waals surface area contributed by atoms with Crippen molar-refractivity contribution >= 4 is 5.91 Å². The molecule has 1 aromatic heterocycles. The molecule has 0 saturated carbocycles. The van der Waals surface area contributed by atoms with Crippen molar-refractivity contribution in [3.8, 4) is 6.07 Å². The van der Waals surface area contributed by atoms with Gasteiger partial charge < -0.3 is 4.90 Å². The summed E-state index contributed by atoms with van der Waals surface area (Å²) >= 11 is 0. The van der Waals surface area contributed by atoms with Gasteiger partial charge in [0.25, 0.3) is 5.91 Å². The van der Waals surface area contributed by atoms with E-state index < -0.39 is 0 Å². The number of amides is 1. The lowest BCUT2D eigenvalue weighted by atomic mass is 10.1. The average molecular weight is 265 g/mol. The highest BCUT2D eigenvalue weighted by atomic mass is 16.2. The molecule has 4 nitrogen and oxygen atoms in total. The number of hydrogen-bond acceptors (Lipinski definition) is 3. The quantitative estimate of drug-likeness (QED) is 0.852. The van der Waals surface area contributed by atoms with Crippen molar-refractivity contribution in [3.05, 3.63) is 65.5 Å². The van der Waals surface area contributed by atoms with Gasteiger partial charge >= 0.3 is 0 Å². The number of nitriles is 1. The molecule has 0 aliphatic rings. The Morgan fingerprint density at radius 2 is 1.85 bits per heavy atom. The van der Waals surface area contributed by atoms with Gasteiger partial charge in [0.1, 0.15) is 0 Å². The fraction of sp³-hybridized carbons (Fsp3) is 0.188. The van der Waals surface area contributed by atoms with Gasteiger partial charge in [-0.25, -0.2) is 0 Å². The Bertz CT molecular complexity index is 614. The van der Waals surface area contributed by atoms with Crippen molar-refractivity contribution in [2.24, 2.45) is 0 Å². The molecule has 0 spiro atoms. The highest BCUT2D eigenvalue weighted by molar-refractivity contribution is 5.94. The van der Waals surface area contributed by atoms with E-state index in [0.29, 0.717) is 17.7 Å². The molecule has 1 aromatic carbocycles. The van der Waals surface area contributed by atoms with E-state index in [-0.39, 0.29) is 5.91 Å². The number of aromatic nitrogens is 1. The van der Waals surface area contributed by atoms with Gasteiger partial charge in [-0.1, -0.05) is 0 Å². The number of carbonyl (C=O) groups is 1. The summed E-state index contributed by atoms with van der Waals surface area (Å²) in [6.45, 7) is 0.642. The second kappa shape index (κ2) is 6.48. The molecule has 0 radical (unpaired) electrons. The Balaban J connectivity index is 1.96. The fourth-order valence-electron chi connectivity index (χ4n) is 1.86. The largest absolute Gasteiger partial charge is 0.341 e. The molecule has 0 bridgehead atoms. The van der Waals surface area contributed by atoms with Crippen LogP contribution in [0.25, 0.3) is 0 Å². The molecule has 2 rings (SSSR count). The molecule has 0 aliphatic heterocycles. The highest BCUT2D eigenvalue weighted by Gasteiger charge is 2.11. The van der Waals surface area contributed by atoms with Crippen LogP contribution in [0.15, 0.2) is 48.8 Å². The minimum atomic E-state index is -0.0384. The normalized spacial score (nSPS) is 9.80. The standard InChI is InChI=1S/C16H15N3O/c1-19(11-8-13-6-9-18-10-7-13)16(20)15-4-2-14(12-17)3-5-15/h2-7,9-10H,8,11H2,1H3. The lowest BCUT2D eigenvalue weighted by molar-refractivity contribution is 0.0796. The number of benzene rings is 1. The van der Waals surface area contributed by atoms with Crippen LogP contribution >= 0.6 is 0 Å². The van der Waals surface area contributed by atoms with Crippen LogP contribution in [0.3, 0.4) is 0 Å². The van der Waals surface area contributed by atoms with Crippen molar-refractivity contribution < 1.29 is 4.79 Å². The molecular weight excluding hydrogens is 250 g/mol. The summed E-state index contributed by atoms with van der Waals surface area (Å²) in [6.07, 6.45) is 4.29. The lowest BCUT2D eigenvalue weighted by Crippen LogP contribution is -2.28. The molecule has 100 valence electrons. The van der Waals surface area contributed by atoms with Crippen molar-refractivity contribution in [2.45, 2.75) is 6.42 Å². The minimum absolute atomic E-state index is 0.0384. The van der Waals surface area contributed by atoms with Crippen molar-refractivity contribution in [1.29, 1.82) is 5.26 Å². The van der Waals surface area contributed by atoms with Crippen LogP contribution in [0.5, 0.6) is 0 Å². The molecule has 0 fully saturated rings. The Morgan fingerprint density at radius 1 is 1.20 bits per heavy atom. The zero-order valence-electron chi connectivity index (χ0n) is 11.3. The summed E-state index contributed by atoms with van der Waals surface area (Å²) in [6, 6.07) is 12.6. The summed E-state index contributed by atoms with van der Waals surface area (Å²) < 4.78 is 0. The summed E-state index contributed by atoms with van der Waals surface area (Å²) in [7, 11) is 1.78. The van der Waals surface area contributed by atoms with Gasteiger partial charge in [0, 0.05) is 31.5 Å². The van der Waals surface area contributed by atoms with Gasteiger partial charge in [-0.15, -0.1) is 0 Å². The number of pyridine rings is 1. The van der Waals surface area contributed by atoms with Gasteiger partial charge in [0.15, 0.2) is 0 Å². The smallest absolute Gasteiger partial charge is 0.253 e. The number of hydrogen-bond donors (Lipinski definition) is 0. The van der Waals surface area contributed by atoms with Crippen LogP contribution in [-0.2, 0) is 6.42 Å². The van der Waals surface area contributed by atoms with Crippen LogP contribution in [0.1, 0.15) is 21.5 Å². The maximum Gasteiger partial charge on any atom is 0.253 e. The van der Waals surface area contributed by atoms with Gasteiger partial charge in [-0.3, -0.25) is 9.78 Å². The summed E-state index contributed by atoms with van der Waals surface area (Å²) in [5.41, 5.74) is 2.31. The Kier molecular flexibility index (Phi) is 4.46. The molecule has 0 saturated heterocycles. The lowest BCUT2D eigenvalue weighted by Gasteiger charge is -2.17. The first-order valence-electron chi connectivity index (χ1n) is 6.35. The maximum absolute atomic E-state index is 12.2. The number of nitrogens with zero attached hydrogens (tertiary/aromatic N) is 3. The predicted octanol–water partition coefficient (Wildman–Crippen LogP) is 2.27. The first-order chi connectivity index (χ1) is 9.70. The molecule has 0 N–H and O–H groups in total. The topological polar surface area (TPSA) is 57.0 Å². The van der Waals surface area contributed by atoms with Crippen molar-refractivity contribution in [3.63, 3.8) is 0 Å². The zero-order valence-corrected chi connectivity index (χ0v) is 11.3. The first kappa shape index (κ1) is 13.8. The molecule has 1 amide bonds. The predicted molar refractivity (Wildman–Crippen MR) is 76.1 cm³/mol. The monoisotopic (exact) mass is 265 g/mol. The van der Waals surface area contributed by atoms with Gasteiger partial charge in [-0.2, -0.15) is 5.26 Å². The molecule has 2 aromatic rings. The van der Waals surface area contributed by atoms with E-state index in [1.807, 2.05) is 18.2 Å². The third-order valence-corrected chi connectivity index (χ3v) is 3.09. The second-order valence-corrected chi connectivity index (χ2v) is 4.52. The number of carbonyl (C=O) groups excluding carboxylic acids is 1. The third kappa shape index (κ3) is 3.42.